The molecule has 1 aromatic carbocycles. The van der Waals surface area contributed by atoms with E-state index in [-0.39, 0.29) is 6.61 Å². The van der Waals surface area contributed by atoms with Crippen LogP contribution in [0.3, 0.4) is 0 Å². The predicted octanol–water partition coefficient (Wildman–Crippen LogP) is 2.32. The minimum Gasteiger partial charge on any atom is -0.443 e. The molecule has 16 heavy (non-hydrogen) atoms. The van der Waals surface area contributed by atoms with Gasteiger partial charge in [0.15, 0.2) is 12.2 Å². The fraction of sp³-hybridized carbons (Fsp3) is 0.308. The van der Waals surface area contributed by atoms with Gasteiger partial charge in [-0.25, -0.2) is 4.98 Å². The molecule has 0 bridgehead atoms. The average molecular weight is 215 g/mol. The fourth-order valence-corrected chi connectivity index (χ4v) is 2.33. The van der Waals surface area contributed by atoms with E-state index in [9.17, 15) is 0 Å². The van der Waals surface area contributed by atoms with Gasteiger partial charge in [0.25, 0.3) is 0 Å². The summed E-state index contributed by atoms with van der Waals surface area (Å²) in [6.07, 6.45) is 4.95. The zero-order chi connectivity index (χ0) is 11.0. The zero-order valence-corrected chi connectivity index (χ0v) is 8.94. The molecule has 3 heteroatoms. The van der Waals surface area contributed by atoms with Gasteiger partial charge in [0.1, 0.15) is 5.69 Å². The second-order valence-corrected chi connectivity index (χ2v) is 4.12. The first-order valence-corrected chi connectivity index (χ1v) is 5.54. The van der Waals surface area contributed by atoms with Crippen LogP contribution in [0.4, 0.5) is 0 Å². The summed E-state index contributed by atoms with van der Waals surface area (Å²) in [6, 6.07) is 6.35. The number of hydrogen-bond donors (Lipinski definition) is 1. The van der Waals surface area contributed by atoms with E-state index in [2.05, 4.69) is 17.1 Å². The molecule has 0 saturated heterocycles. The summed E-state index contributed by atoms with van der Waals surface area (Å²) in [5.74, 6) is 0.692. The van der Waals surface area contributed by atoms with E-state index < -0.39 is 0 Å². The van der Waals surface area contributed by atoms with Crippen molar-refractivity contribution >= 4 is 0 Å². The zero-order valence-electron chi connectivity index (χ0n) is 8.94. The van der Waals surface area contributed by atoms with Crippen molar-refractivity contribution < 1.29 is 9.52 Å². The van der Waals surface area contributed by atoms with E-state index in [1.54, 1.807) is 0 Å². The molecule has 82 valence electrons. The van der Waals surface area contributed by atoms with E-state index >= 15 is 0 Å². The topological polar surface area (TPSA) is 46.3 Å². The van der Waals surface area contributed by atoms with E-state index in [1.165, 1.54) is 30.4 Å². The number of fused-ring (bicyclic) bond motifs is 1. The number of hydrogen-bond acceptors (Lipinski definition) is 3. The summed E-state index contributed by atoms with van der Waals surface area (Å²) in [7, 11) is 0. The Bertz CT molecular complexity index is 516. The van der Waals surface area contributed by atoms with E-state index in [0.29, 0.717) is 11.5 Å². The molecule has 1 N–H and O–H groups in total. The van der Waals surface area contributed by atoms with Gasteiger partial charge >= 0.3 is 0 Å². The van der Waals surface area contributed by atoms with Crippen molar-refractivity contribution in [3.8, 4) is 11.3 Å². The van der Waals surface area contributed by atoms with Crippen LogP contribution in [-0.2, 0) is 19.4 Å². The van der Waals surface area contributed by atoms with Crippen LogP contribution in [0.5, 0.6) is 0 Å². The minimum absolute atomic E-state index is 0.0804. The molecule has 0 atom stereocenters. The first-order chi connectivity index (χ1) is 7.88. The van der Waals surface area contributed by atoms with Crippen molar-refractivity contribution in [1.82, 2.24) is 4.98 Å². The Kier molecular flexibility index (Phi) is 2.26. The van der Waals surface area contributed by atoms with Crippen LogP contribution in [0.25, 0.3) is 11.3 Å². The van der Waals surface area contributed by atoms with E-state index in [0.717, 1.165) is 12.0 Å². The molecule has 0 amide bonds. The molecule has 3 rings (SSSR count). The first-order valence-electron chi connectivity index (χ1n) is 5.54. The molecule has 0 unspecified atom stereocenters. The van der Waals surface area contributed by atoms with Crippen LogP contribution in [0, 0.1) is 0 Å². The molecule has 0 spiro atoms. The maximum atomic E-state index is 9.14. The average Bonchev–Trinajstić information content (AvgIpc) is 2.96. The first kappa shape index (κ1) is 9.60. The van der Waals surface area contributed by atoms with Gasteiger partial charge in [0.05, 0.1) is 6.61 Å². The van der Waals surface area contributed by atoms with Crippen molar-refractivity contribution in [2.24, 2.45) is 0 Å². The lowest BCUT2D eigenvalue weighted by Gasteiger charge is -2.03. The van der Waals surface area contributed by atoms with Gasteiger partial charge in [-0.15, -0.1) is 0 Å². The molecule has 0 radical (unpaired) electrons. The van der Waals surface area contributed by atoms with E-state index in [4.69, 9.17) is 9.52 Å². The standard InChI is InChI=1S/C13H13NO2/c15-7-12-13(16-8-14-12)11-5-4-9-2-1-3-10(9)6-11/h4-6,8,15H,1-3,7H2. The maximum absolute atomic E-state index is 9.14. The summed E-state index contributed by atoms with van der Waals surface area (Å²) in [6.45, 7) is -0.0804. The maximum Gasteiger partial charge on any atom is 0.181 e. The molecular formula is C13H13NO2. The summed E-state index contributed by atoms with van der Waals surface area (Å²) in [5, 5.41) is 9.14. The third-order valence-electron chi connectivity index (χ3n) is 3.15. The van der Waals surface area contributed by atoms with Gasteiger partial charge in [0.2, 0.25) is 0 Å². The quantitative estimate of drug-likeness (QED) is 0.836. The highest BCUT2D eigenvalue weighted by molar-refractivity contribution is 5.62. The van der Waals surface area contributed by atoms with Crippen molar-refractivity contribution in [3.05, 3.63) is 41.4 Å². The van der Waals surface area contributed by atoms with Crippen LogP contribution in [0.1, 0.15) is 23.2 Å². The normalized spacial score (nSPS) is 14.1. The van der Waals surface area contributed by atoms with Crippen molar-refractivity contribution in [1.29, 1.82) is 0 Å². The molecule has 2 aromatic rings. The number of oxazole rings is 1. The van der Waals surface area contributed by atoms with Crippen LogP contribution < -0.4 is 0 Å². The van der Waals surface area contributed by atoms with Crippen LogP contribution in [-0.4, -0.2) is 10.1 Å². The molecule has 0 fully saturated rings. The summed E-state index contributed by atoms with van der Waals surface area (Å²) in [5.41, 5.74) is 4.46. The minimum atomic E-state index is -0.0804. The number of aryl methyl sites for hydroxylation is 2. The van der Waals surface area contributed by atoms with Crippen molar-refractivity contribution in [2.75, 3.05) is 0 Å². The molecule has 0 saturated carbocycles. The van der Waals surface area contributed by atoms with Gasteiger partial charge in [-0.3, -0.25) is 0 Å². The Morgan fingerprint density at radius 2 is 2.12 bits per heavy atom. The van der Waals surface area contributed by atoms with Crippen molar-refractivity contribution in [3.63, 3.8) is 0 Å². The van der Waals surface area contributed by atoms with Crippen LogP contribution >= 0.6 is 0 Å². The Labute approximate surface area is 93.8 Å². The predicted molar refractivity (Wildman–Crippen MR) is 59.9 cm³/mol. The Morgan fingerprint density at radius 1 is 1.25 bits per heavy atom. The molecule has 1 aliphatic rings. The summed E-state index contributed by atoms with van der Waals surface area (Å²) < 4.78 is 5.33. The molecular weight excluding hydrogens is 202 g/mol. The molecule has 0 aliphatic heterocycles. The number of aromatic nitrogens is 1. The number of rotatable bonds is 2. The van der Waals surface area contributed by atoms with Gasteiger partial charge < -0.3 is 9.52 Å². The SMILES string of the molecule is OCc1ncoc1-c1ccc2c(c1)CCC2. The lowest BCUT2D eigenvalue weighted by atomic mass is 10.0. The largest absolute Gasteiger partial charge is 0.443 e. The lowest BCUT2D eigenvalue weighted by molar-refractivity contribution is 0.277. The van der Waals surface area contributed by atoms with Gasteiger partial charge in [-0.2, -0.15) is 0 Å². The summed E-state index contributed by atoms with van der Waals surface area (Å²) >= 11 is 0. The Balaban J connectivity index is 2.07. The third kappa shape index (κ3) is 1.44. The highest BCUT2D eigenvalue weighted by Crippen LogP contribution is 2.29. The molecule has 1 aromatic heterocycles. The smallest absolute Gasteiger partial charge is 0.181 e. The Morgan fingerprint density at radius 3 is 3.00 bits per heavy atom. The fourth-order valence-electron chi connectivity index (χ4n) is 2.33. The number of nitrogens with zero attached hydrogens (tertiary/aromatic N) is 1. The van der Waals surface area contributed by atoms with Gasteiger partial charge in [-0.1, -0.05) is 12.1 Å². The molecule has 1 aliphatic carbocycles. The van der Waals surface area contributed by atoms with Gasteiger partial charge in [-0.05, 0) is 36.5 Å². The summed E-state index contributed by atoms with van der Waals surface area (Å²) in [4.78, 5) is 3.99. The highest BCUT2D eigenvalue weighted by atomic mass is 16.3. The highest BCUT2D eigenvalue weighted by Gasteiger charge is 2.15. The molecule has 3 nitrogen and oxygen atoms in total. The second kappa shape index (κ2) is 3.76. The van der Waals surface area contributed by atoms with Crippen molar-refractivity contribution in [2.45, 2.75) is 25.9 Å². The molecule has 1 heterocycles. The third-order valence-corrected chi connectivity index (χ3v) is 3.15. The number of aliphatic hydroxyl groups is 1. The number of aliphatic hydroxyl groups excluding tert-OH is 1. The van der Waals surface area contributed by atoms with E-state index in [1.807, 2.05) is 6.07 Å². The van der Waals surface area contributed by atoms with Crippen LogP contribution in [0.2, 0.25) is 0 Å². The lowest BCUT2D eigenvalue weighted by Crippen LogP contribution is -1.88. The van der Waals surface area contributed by atoms with Gasteiger partial charge in [0, 0.05) is 5.56 Å². The Hall–Kier alpha value is -1.61. The van der Waals surface area contributed by atoms with Crippen LogP contribution in [0.15, 0.2) is 29.0 Å². The monoisotopic (exact) mass is 215 g/mol. The second-order valence-electron chi connectivity index (χ2n) is 4.12. The number of benzene rings is 1.